The van der Waals surface area contributed by atoms with Crippen LogP contribution in [0.4, 0.5) is 0 Å². The van der Waals surface area contributed by atoms with Gasteiger partial charge in [0.25, 0.3) is 0 Å². The summed E-state index contributed by atoms with van der Waals surface area (Å²) in [7, 11) is 0. The third-order valence-electron chi connectivity index (χ3n) is 7.74. The molecule has 0 amide bonds. The average molecular weight is 503 g/mol. The van der Waals surface area contributed by atoms with Gasteiger partial charge in [0.15, 0.2) is 0 Å². The third-order valence-corrected chi connectivity index (χ3v) is 7.74. The summed E-state index contributed by atoms with van der Waals surface area (Å²) >= 11 is 0. The second kappa shape index (κ2) is 9.01. The molecule has 188 valence electrons. The van der Waals surface area contributed by atoms with Crippen molar-refractivity contribution >= 4 is 55.0 Å². The maximum absolute atomic E-state index is 12.3. The first-order valence-electron chi connectivity index (χ1n) is 12.6. The van der Waals surface area contributed by atoms with E-state index in [0.717, 1.165) is 32.3 Å². The number of carbonyl (C=O) groups is 2. The molecule has 0 heterocycles. The summed E-state index contributed by atoms with van der Waals surface area (Å²) in [4.78, 5) is 24.6. The van der Waals surface area contributed by atoms with Gasteiger partial charge in [-0.1, -0.05) is 64.1 Å². The molecule has 0 bridgehead atoms. The van der Waals surface area contributed by atoms with Gasteiger partial charge < -0.3 is 10.2 Å². The second-order valence-electron chi connectivity index (χ2n) is 10.6. The summed E-state index contributed by atoms with van der Waals surface area (Å²) in [5.74, 6) is -3.86. The number of nitrogens with zero attached hydrogens (tertiary/aromatic N) is 2. The van der Waals surface area contributed by atoms with Crippen LogP contribution >= 0.6 is 0 Å². The van der Waals surface area contributed by atoms with Gasteiger partial charge in [-0.15, -0.1) is 0 Å². The van der Waals surface area contributed by atoms with Gasteiger partial charge in [0.05, 0.1) is 35.1 Å². The van der Waals surface area contributed by atoms with Crippen LogP contribution in [0.15, 0.2) is 48.5 Å². The van der Waals surface area contributed by atoms with Crippen molar-refractivity contribution in [2.45, 2.75) is 39.5 Å². The van der Waals surface area contributed by atoms with E-state index in [0.29, 0.717) is 33.0 Å². The number of rotatable bonds is 6. The Balaban J connectivity index is 2.05. The highest BCUT2D eigenvalue weighted by Crippen LogP contribution is 2.46. The Kier molecular flexibility index (Phi) is 5.93. The van der Waals surface area contributed by atoms with E-state index in [-0.39, 0.29) is 11.8 Å². The molecule has 0 radical (unpaired) electrons. The molecule has 2 atom stereocenters. The number of hydrogen-bond acceptors (Lipinski definition) is 4. The number of aliphatic carboxylic acids is 2. The van der Waals surface area contributed by atoms with Gasteiger partial charge in [0.1, 0.15) is 0 Å². The maximum Gasteiger partial charge on any atom is 0.311 e. The highest BCUT2D eigenvalue weighted by molar-refractivity contribution is 6.34. The van der Waals surface area contributed by atoms with Gasteiger partial charge >= 0.3 is 11.9 Å². The lowest BCUT2D eigenvalue weighted by molar-refractivity contribution is -0.140. The lowest BCUT2D eigenvalue weighted by atomic mass is 9.78. The van der Waals surface area contributed by atoms with Crippen LogP contribution in [0.1, 0.15) is 61.8 Å². The van der Waals surface area contributed by atoms with E-state index in [9.17, 15) is 30.3 Å². The van der Waals surface area contributed by atoms with E-state index in [2.05, 4.69) is 12.1 Å². The molecule has 6 nitrogen and oxygen atoms in total. The van der Waals surface area contributed by atoms with Gasteiger partial charge in [-0.05, 0) is 67.4 Å². The minimum absolute atomic E-state index is 0.194. The quantitative estimate of drug-likeness (QED) is 0.188. The average Bonchev–Trinajstić information content (AvgIpc) is 2.87. The summed E-state index contributed by atoms with van der Waals surface area (Å²) in [6.07, 6.45) is 0. The SMILES string of the molecule is CC(C)C(C(=O)O)c1ccc2c3ccc(C(C(=O)O)C(C)C)c4c(C#N)ccc(c5ccc(C#N)c1c52)c43. The molecule has 5 rings (SSSR count). The summed E-state index contributed by atoms with van der Waals surface area (Å²) in [6.45, 7) is 7.42. The standard InChI is InChI=1S/C32H26N2O4/c1-15(2)25(31(35)36)23-11-9-21-22-10-12-24(26(16(3)4)32(37)38)28-18(14-34)6-8-20(30(22)28)19-7-5-17(13-33)27(23)29(19)21/h5-12,15-16,25-26H,1-4H3,(H,35,36)(H,37,38). The molecule has 0 spiro atoms. The normalized spacial score (nSPS) is 13.4. The molecular weight excluding hydrogens is 476 g/mol. The van der Waals surface area contributed by atoms with Crippen molar-refractivity contribution in [3.63, 3.8) is 0 Å². The number of nitriles is 2. The predicted molar refractivity (Wildman–Crippen MR) is 148 cm³/mol. The molecule has 0 fully saturated rings. The minimum Gasteiger partial charge on any atom is -0.481 e. The Hall–Kier alpha value is -4.68. The Bertz CT molecular complexity index is 1710. The van der Waals surface area contributed by atoms with Crippen LogP contribution in [-0.4, -0.2) is 22.2 Å². The Morgan fingerprint density at radius 1 is 0.579 bits per heavy atom. The van der Waals surface area contributed by atoms with Crippen molar-refractivity contribution in [3.05, 3.63) is 70.8 Å². The van der Waals surface area contributed by atoms with Crippen molar-refractivity contribution < 1.29 is 19.8 Å². The zero-order chi connectivity index (χ0) is 27.5. The molecule has 0 saturated heterocycles. The zero-order valence-electron chi connectivity index (χ0n) is 21.5. The Labute approximate surface area is 219 Å². The molecule has 5 aromatic carbocycles. The van der Waals surface area contributed by atoms with Crippen molar-refractivity contribution in [2.75, 3.05) is 0 Å². The second-order valence-corrected chi connectivity index (χ2v) is 10.6. The third kappa shape index (κ3) is 3.45. The molecule has 2 unspecified atom stereocenters. The van der Waals surface area contributed by atoms with Gasteiger partial charge in [0.2, 0.25) is 0 Å². The van der Waals surface area contributed by atoms with Crippen molar-refractivity contribution in [1.29, 1.82) is 10.5 Å². The summed E-state index contributed by atoms with van der Waals surface area (Å²) in [5, 5.41) is 46.4. The van der Waals surface area contributed by atoms with Crippen molar-refractivity contribution in [2.24, 2.45) is 11.8 Å². The fraction of sp³-hybridized carbons (Fsp3) is 0.250. The van der Waals surface area contributed by atoms with Crippen LogP contribution in [-0.2, 0) is 9.59 Å². The van der Waals surface area contributed by atoms with Gasteiger partial charge in [-0.2, -0.15) is 10.5 Å². The highest BCUT2D eigenvalue weighted by Gasteiger charge is 2.30. The largest absolute Gasteiger partial charge is 0.481 e. The smallest absolute Gasteiger partial charge is 0.311 e. The first-order chi connectivity index (χ1) is 18.1. The monoisotopic (exact) mass is 502 g/mol. The molecule has 0 aromatic heterocycles. The van der Waals surface area contributed by atoms with Gasteiger partial charge in [0, 0.05) is 10.8 Å². The highest BCUT2D eigenvalue weighted by atomic mass is 16.4. The van der Waals surface area contributed by atoms with Crippen LogP contribution in [0.25, 0.3) is 43.1 Å². The molecule has 38 heavy (non-hydrogen) atoms. The molecule has 0 aliphatic carbocycles. The topological polar surface area (TPSA) is 122 Å². The summed E-state index contributed by atoms with van der Waals surface area (Å²) < 4.78 is 0. The molecule has 0 saturated carbocycles. The van der Waals surface area contributed by atoms with E-state index in [1.165, 1.54) is 0 Å². The fourth-order valence-corrected chi connectivity index (χ4v) is 6.20. The first-order valence-corrected chi connectivity index (χ1v) is 12.6. The van der Waals surface area contributed by atoms with Crippen LogP contribution < -0.4 is 0 Å². The number of benzene rings is 5. The van der Waals surface area contributed by atoms with E-state index >= 15 is 0 Å². The summed E-state index contributed by atoms with van der Waals surface area (Å²) in [6, 6.07) is 19.1. The number of carboxylic acids is 2. The van der Waals surface area contributed by atoms with Crippen LogP contribution in [0, 0.1) is 34.5 Å². The van der Waals surface area contributed by atoms with E-state index in [4.69, 9.17) is 0 Å². The van der Waals surface area contributed by atoms with E-state index in [1.807, 2.05) is 52.0 Å². The summed E-state index contributed by atoms with van der Waals surface area (Å²) in [5.41, 5.74) is 2.01. The predicted octanol–water partition coefficient (Wildman–Crippen LogP) is 7.13. The Morgan fingerprint density at radius 3 is 1.16 bits per heavy atom. The number of carboxylic acid groups (broad SMARTS) is 2. The van der Waals surface area contributed by atoms with Crippen LogP contribution in [0.2, 0.25) is 0 Å². The van der Waals surface area contributed by atoms with Gasteiger partial charge in [-0.25, -0.2) is 0 Å². The van der Waals surface area contributed by atoms with Crippen LogP contribution in [0.3, 0.4) is 0 Å². The van der Waals surface area contributed by atoms with Gasteiger partial charge in [-0.3, -0.25) is 9.59 Å². The number of fused-ring (bicyclic) bond motifs is 2. The van der Waals surface area contributed by atoms with E-state index in [1.54, 1.807) is 24.3 Å². The van der Waals surface area contributed by atoms with E-state index < -0.39 is 23.8 Å². The van der Waals surface area contributed by atoms with Crippen molar-refractivity contribution in [3.8, 4) is 12.1 Å². The van der Waals surface area contributed by atoms with Crippen LogP contribution in [0.5, 0.6) is 0 Å². The Morgan fingerprint density at radius 2 is 0.895 bits per heavy atom. The first kappa shape index (κ1) is 25.0. The molecular formula is C32H26N2O4. The fourth-order valence-electron chi connectivity index (χ4n) is 6.20. The molecule has 0 aliphatic rings. The lowest BCUT2D eigenvalue weighted by Crippen LogP contribution is -2.18. The molecule has 6 heteroatoms. The minimum atomic E-state index is -0.945. The molecule has 5 aromatic rings. The molecule has 2 N–H and O–H groups in total. The maximum atomic E-state index is 12.3. The lowest BCUT2D eigenvalue weighted by Gasteiger charge is -2.24. The number of hydrogen-bond donors (Lipinski definition) is 2. The van der Waals surface area contributed by atoms with Crippen molar-refractivity contribution in [1.82, 2.24) is 0 Å². The molecule has 0 aliphatic heterocycles. The zero-order valence-corrected chi connectivity index (χ0v) is 21.5.